The van der Waals surface area contributed by atoms with Crippen LogP contribution in [0.15, 0.2) is 18.5 Å². The maximum absolute atomic E-state index is 10.6. The van der Waals surface area contributed by atoms with Crippen LogP contribution in [0.2, 0.25) is 0 Å². The fourth-order valence-electron chi connectivity index (χ4n) is 1.48. The van der Waals surface area contributed by atoms with Gasteiger partial charge < -0.3 is 20.3 Å². The van der Waals surface area contributed by atoms with Gasteiger partial charge in [0, 0.05) is 0 Å². The summed E-state index contributed by atoms with van der Waals surface area (Å²) < 4.78 is 17.4. The van der Waals surface area contributed by atoms with Crippen molar-refractivity contribution in [2.24, 2.45) is 0 Å². The molecule has 0 bridgehead atoms. The zero-order valence-electron chi connectivity index (χ0n) is 9.43. The molecule has 0 saturated carbocycles. The average Bonchev–Trinajstić information content (AvgIpc) is 2.68. The minimum atomic E-state index is -4.01. The van der Waals surface area contributed by atoms with E-state index >= 15 is 0 Å². The quantitative estimate of drug-likeness (QED) is 0.517. The zero-order valence-corrected chi connectivity index (χ0v) is 10.3. The number of rotatable bonds is 5. The van der Waals surface area contributed by atoms with E-state index in [1.54, 1.807) is 16.6 Å². The topological polar surface area (TPSA) is 123 Å². The SMILES string of the molecule is Nc1ncnn2c(COCCP(=O)(O)O)ccc12. The van der Waals surface area contributed by atoms with E-state index in [0.717, 1.165) is 5.69 Å². The van der Waals surface area contributed by atoms with Crippen LogP contribution >= 0.6 is 7.60 Å². The van der Waals surface area contributed by atoms with Gasteiger partial charge in [-0.2, -0.15) is 5.10 Å². The minimum Gasteiger partial charge on any atom is -0.382 e. The summed E-state index contributed by atoms with van der Waals surface area (Å²) in [4.78, 5) is 21.2. The van der Waals surface area contributed by atoms with Gasteiger partial charge in [-0.3, -0.25) is 4.57 Å². The summed E-state index contributed by atoms with van der Waals surface area (Å²) in [7, 11) is -4.01. The van der Waals surface area contributed by atoms with Crippen LogP contribution in [0, 0.1) is 0 Å². The van der Waals surface area contributed by atoms with Crippen molar-refractivity contribution in [1.82, 2.24) is 14.6 Å². The number of nitrogen functional groups attached to an aromatic ring is 1. The van der Waals surface area contributed by atoms with Crippen LogP contribution in [0.3, 0.4) is 0 Å². The second-order valence-corrected chi connectivity index (χ2v) is 5.48. The van der Waals surface area contributed by atoms with E-state index in [1.807, 2.05) is 0 Å². The molecule has 2 rings (SSSR count). The predicted molar refractivity (Wildman–Crippen MR) is 64.0 cm³/mol. The first-order valence-electron chi connectivity index (χ1n) is 5.17. The standard InChI is InChI=1S/C9H13N4O4P/c10-9-8-2-1-7(13(8)12-6-11-9)5-17-3-4-18(14,15)16/h1-2,6H,3-5H2,(H2,10,11,12)(H2,14,15,16). The Labute approximate surface area is 103 Å². The van der Waals surface area contributed by atoms with E-state index in [0.29, 0.717) is 11.3 Å². The molecule has 0 aromatic carbocycles. The molecule has 8 nitrogen and oxygen atoms in total. The molecule has 0 atom stereocenters. The molecule has 0 aliphatic carbocycles. The first-order valence-corrected chi connectivity index (χ1v) is 6.96. The third-order valence-electron chi connectivity index (χ3n) is 2.34. The molecule has 0 fully saturated rings. The highest BCUT2D eigenvalue weighted by atomic mass is 31.2. The average molecular weight is 272 g/mol. The molecular formula is C9H13N4O4P. The van der Waals surface area contributed by atoms with E-state index in [4.69, 9.17) is 20.3 Å². The molecule has 4 N–H and O–H groups in total. The Hall–Kier alpha value is -1.47. The number of anilines is 1. The smallest absolute Gasteiger partial charge is 0.327 e. The van der Waals surface area contributed by atoms with Gasteiger partial charge >= 0.3 is 7.60 Å². The largest absolute Gasteiger partial charge is 0.382 e. The van der Waals surface area contributed by atoms with Crippen molar-refractivity contribution in [3.63, 3.8) is 0 Å². The Bertz CT molecular complexity index is 593. The Kier molecular flexibility index (Phi) is 3.63. The highest BCUT2D eigenvalue weighted by Crippen LogP contribution is 2.33. The van der Waals surface area contributed by atoms with Gasteiger partial charge in [-0.1, -0.05) is 0 Å². The molecule has 0 aliphatic rings. The lowest BCUT2D eigenvalue weighted by molar-refractivity contribution is 0.128. The van der Waals surface area contributed by atoms with Crippen molar-refractivity contribution in [2.45, 2.75) is 6.61 Å². The highest BCUT2D eigenvalue weighted by Gasteiger charge is 2.12. The van der Waals surface area contributed by atoms with Crippen molar-refractivity contribution < 1.29 is 19.1 Å². The first-order chi connectivity index (χ1) is 8.47. The number of nitrogens with zero attached hydrogens (tertiary/aromatic N) is 3. The lowest BCUT2D eigenvalue weighted by atomic mass is 10.4. The van der Waals surface area contributed by atoms with Gasteiger partial charge in [0.1, 0.15) is 11.8 Å². The Balaban J connectivity index is 2.00. The number of aromatic nitrogens is 3. The second-order valence-electron chi connectivity index (χ2n) is 3.71. The minimum absolute atomic E-state index is 0.0158. The Morgan fingerprint density at radius 2 is 2.22 bits per heavy atom. The fraction of sp³-hybridized carbons (Fsp3) is 0.333. The van der Waals surface area contributed by atoms with Gasteiger partial charge in [-0.05, 0) is 12.1 Å². The van der Waals surface area contributed by atoms with E-state index in [1.165, 1.54) is 6.33 Å². The molecule has 0 aliphatic heterocycles. The van der Waals surface area contributed by atoms with Crippen molar-refractivity contribution in [3.05, 3.63) is 24.2 Å². The van der Waals surface area contributed by atoms with E-state index in [-0.39, 0.29) is 19.4 Å². The lowest BCUT2D eigenvalue weighted by Gasteiger charge is -2.05. The number of fused-ring (bicyclic) bond motifs is 1. The van der Waals surface area contributed by atoms with Crippen molar-refractivity contribution in [2.75, 3.05) is 18.5 Å². The van der Waals surface area contributed by atoms with Gasteiger partial charge in [0.05, 0.1) is 25.1 Å². The van der Waals surface area contributed by atoms with Crippen LogP contribution in [0.5, 0.6) is 0 Å². The molecule has 2 heterocycles. The van der Waals surface area contributed by atoms with Gasteiger partial charge in [0.15, 0.2) is 5.82 Å². The normalized spacial score (nSPS) is 12.1. The summed E-state index contributed by atoms with van der Waals surface area (Å²) in [6.45, 7) is 0.183. The lowest BCUT2D eigenvalue weighted by Crippen LogP contribution is -2.05. The van der Waals surface area contributed by atoms with Gasteiger partial charge in [-0.15, -0.1) is 0 Å². The van der Waals surface area contributed by atoms with Crippen LogP contribution in [0.1, 0.15) is 5.69 Å². The summed E-state index contributed by atoms with van der Waals surface area (Å²) in [5.74, 6) is 0.367. The molecule has 9 heteroatoms. The number of hydrogen-bond acceptors (Lipinski definition) is 5. The fourth-order valence-corrected chi connectivity index (χ4v) is 1.84. The van der Waals surface area contributed by atoms with Crippen LogP contribution in [0.25, 0.3) is 5.52 Å². The predicted octanol–water partition coefficient (Wildman–Crippen LogP) is 0.00580. The Morgan fingerprint density at radius 1 is 1.44 bits per heavy atom. The molecule has 2 aromatic heterocycles. The third kappa shape index (κ3) is 3.05. The monoisotopic (exact) mass is 272 g/mol. The molecule has 0 spiro atoms. The third-order valence-corrected chi connectivity index (χ3v) is 3.10. The summed E-state index contributed by atoms with van der Waals surface area (Å²) in [6.07, 6.45) is 1.04. The zero-order chi connectivity index (χ0) is 13.2. The maximum atomic E-state index is 10.6. The number of nitrogens with two attached hydrogens (primary N) is 1. The molecule has 0 unspecified atom stereocenters. The van der Waals surface area contributed by atoms with E-state index in [9.17, 15) is 4.57 Å². The molecule has 0 radical (unpaired) electrons. The van der Waals surface area contributed by atoms with Crippen molar-refractivity contribution in [1.29, 1.82) is 0 Å². The van der Waals surface area contributed by atoms with Gasteiger partial charge in [0.2, 0.25) is 0 Å². The van der Waals surface area contributed by atoms with E-state index < -0.39 is 7.60 Å². The second kappa shape index (κ2) is 5.03. The van der Waals surface area contributed by atoms with E-state index in [2.05, 4.69) is 10.1 Å². The Morgan fingerprint density at radius 3 is 2.94 bits per heavy atom. The highest BCUT2D eigenvalue weighted by molar-refractivity contribution is 7.51. The van der Waals surface area contributed by atoms with Crippen molar-refractivity contribution in [3.8, 4) is 0 Å². The molecule has 2 aromatic rings. The van der Waals surface area contributed by atoms with Crippen LogP contribution in [-0.4, -0.2) is 37.2 Å². The van der Waals surface area contributed by atoms with Gasteiger partial charge in [0.25, 0.3) is 0 Å². The number of ether oxygens (including phenoxy) is 1. The molecule has 0 amide bonds. The summed E-state index contributed by atoms with van der Waals surface area (Å²) in [5, 5.41) is 4.02. The van der Waals surface area contributed by atoms with Gasteiger partial charge in [-0.25, -0.2) is 9.50 Å². The molecular weight excluding hydrogens is 259 g/mol. The molecule has 98 valence electrons. The molecule has 0 saturated heterocycles. The summed E-state index contributed by atoms with van der Waals surface area (Å²) in [6, 6.07) is 3.54. The molecule has 18 heavy (non-hydrogen) atoms. The van der Waals surface area contributed by atoms with Crippen LogP contribution in [-0.2, 0) is 15.9 Å². The summed E-state index contributed by atoms with van der Waals surface area (Å²) in [5.41, 5.74) is 7.08. The number of hydrogen-bond donors (Lipinski definition) is 3. The first kappa shape index (κ1) is 13.0. The van der Waals surface area contributed by atoms with Crippen LogP contribution < -0.4 is 5.73 Å². The van der Waals surface area contributed by atoms with Crippen LogP contribution in [0.4, 0.5) is 5.82 Å². The maximum Gasteiger partial charge on any atom is 0.327 e. The summed E-state index contributed by atoms with van der Waals surface area (Å²) >= 11 is 0. The van der Waals surface area contributed by atoms with Crippen molar-refractivity contribution >= 4 is 18.9 Å².